The summed E-state index contributed by atoms with van der Waals surface area (Å²) in [5, 5.41) is 0. The molecule has 2 heteroatoms. The number of nitrogens with two attached hydrogens (primary N) is 1. The molecule has 0 aliphatic rings. The van der Waals surface area contributed by atoms with E-state index in [2.05, 4.69) is 139 Å². The van der Waals surface area contributed by atoms with Gasteiger partial charge >= 0.3 is 0 Å². The Labute approximate surface area is 204 Å². The molecule has 2 nitrogen and oxygen atoms in total. The van der Waals surface area contributed by atoms with Crippen molar-refractivity contribution in [2.45, 2.75) is 18.4 Å². The minimum Gasteiger partial charge on any atom is -0.329 e. The van der Waals surface area contributed by atoms with Gasteiger partial charge in [0.15, 0.2) is 0 Å². The first-order valence-corrected chi connectivity index (χ1v) is 12.0. The molecule has 0 saturated carbocycles. The van der Waals surface area contributed by atoms with E-state index in [1.54, 1.807) is 0 Å². The summed E-state index contributed by atoms with van der Waals surface area (Å²) in [4.78, 5) is 2.44. The van der Waals surface area contributed by atoms with Crippen LogP contribution in [0.3, 0.4) is 0 Å². The molecule has 0 heterocycles. The van der Waals surface area contributed by atoms with Crippen molar-refractivity contribution in [1.29, 1.82) is 0 Å². The minimum atomic E-state index is -0.197. The molecular weight excluding hydrogens is 412 g/mol. The second-order valence-electron chi connectivity index (χ2n) is 8.98. The highest BCUT2D eigenvalue weighted by atomic mass is 15.2. The molecule has 34 heavy (non-hydrogen) atoms. The van der Waals surface area contributed by atoms with E-state index in [1.165, 1.54) is 27.8 Å². The number of nitrogens with zero attached hydrogens (tertiary/aromatic N) is 1. The Morgan fingerprint density at radius 1 is 0.647 bits per heavy atom. The largest absolute Gasteiger partial charge is 0.329 e. The van der Waals surface area contributed by atoms with Crippen molar-refractivity contribution in [2.75, 3.05) is 20.1 Å². The number of benzene rings is 4. The molecule has 4 rings (SSSR count). The highest BCUT2D eigenvalue weighted by Crippen LogP contribution is 2.27. The molecule has 0 radical (unpaired) electrons. The summed E-state index contributed by atoms with van der Waals surface area (Å²) >= 11 is 0. The van der Waals surface area contributed by atoms with Crippen LogP contribution in [0.2, 0.25) is 0 Å². The standard InChI is InChI=1S/C32H34N2/c1-34(23-22-31(29-18-10-4-11-19-29)30-20-12-5-13-21-30)32(26-33,24-27-14-6-2-7-15-27)25-28-16-8-3-9-17-28/h2-22H,23-26,33H2,1H3. The zero-order valence-electron chi connectivity index (χ0n) is 20.0. The molecule has 2 N–H and O–H groups in total. The zero-order valence-corrected chi connectivity index (χ0v) is 20.0. The summed E-state index contributed by atoms with van der Waals surface area (Å²) < 4.78 is 0. The predicted molar refractivity (Wildman–Crippen MR) is 145 cm³/mol. The Kier molecular flexibility index (Phi) is 8.08. The normalized spacial score (nSPS) is 11.4. The maximum atomic E-state index is 6.57. The third kappa shape index (κ3) is 5.91. The molecule has 4 aromatic rings. The van der Waals surface area contributed by atoms with E-state index in [0.29, 0.717) is 6.54 Å². The fourth-order valence-corrected chi connectivity index (χ4v) is 4.64. The van der Waals surface area contributed by atoms with Gasteiger partial charge in [0.2, 0.25) is 0 Å². The maximum Gasteiger partial charge on any atom is 0.0412 e. The second-order valence-corrected chi connectivity index (χ2v) is 8.98. The van der Waals surface area contributed by atoms with Gasteiger partial charge in [-0.3, -0.25) is 4.90 Å². The van der Waals surface area contributed by atoms with Crippen LogP contribution in [-0.2, 0) is 12.8 Å². The number of hydrogen-bond donors (Lipinski definition) is 1. The Bertz CT molecular complexity index is 1070. The fraction of sp³-hybridized carbons (Fsp3) is 0.188. The van der Waals surface area contributed by atoms with Gasteiger partial charge in [0.25, 0.3) is 0 Å². The fourth-order valence-electron chi connectivity index (χ4n) is 4.64. The van der Waals surface area contributed by atoms with Gasteiger partial charge in [0.05, 0.1) is 0 Å². The summed E-state index contributed by atoms with van der Waals surface area (Å²) in [6.45, 7) is 1.38. The van der Waals surface area contributed by atoms with E-state index < -0.39 is 0 Å². The maximum absolute atomic E-state index is 6.57. The van der Waals surface area contributed by atoms with Crippen LogP contribution in [0.25, 0.3) is 5.57 Å². The van der Waals surface area contributed by atoms with Crippen molar-refractivity contribution >= 4 is 5.57 Å². The van der Waals surface area contributed by atoms with E-state index in [0.717, 1.165) is 19.4 Å². The van der Waals surface area contributed by atoms with Gasteiger partial charge in [-0.25, -0.2) is 0 Å². The molecule has 172 valence electrons. The lowest BCUT2D eigenvalue weighted by Gasteiger charge is -2.41. The van der Waals surface area contributed by atoms with Crippen LogP contribution in [0, 0.1) is 0 Å². The molecular formula is C32H34N2. The van der Waals surface area contributed by atoms with Crippen molar-refractivity contribution in [2.24, 2.45) is 5.73 Å². The molecule has 4 aromatic carbocycles. The summed E-state index contributed by atoms with van der Waals surface area (Å²) in [6, 6.07) is 42.7. The first kappa shape index (κ1) is 23.7. The van der Waals surface area contributed by atoms with Crippen molar-refractivity contribution in [3.63, 3.8) is 0 Å². The number of hydrogen-bond acceptors (Lipinski definition) is 2. The summed E-state index contributed by atoms with van der Waals surface area (Å²) in [7, 11) is 2.21. The average molecular weight is 447 g/mol. The lowest BCUT2D eigenvalue weighted by Crippen LogP contribution is -2.55. The molecule has 0 aromatic heterocycles. The van der Waals surface area contributed by atoms with Crippen molar-refractivity contribution in [3.8, 4) is 0 Å². The van der Waals surface area contributed by atoms with E-state index in [4.69, 9.17) is 5.73 Å². The average Bonchev–Trinajstić information content (AvgIpc) is 2.90. The quantitative estimate of drug-likeness (QED) is 0.313. The van der Waals surface area contributed by atoms with E-state index in [-0.39, 0.29) is 5.54 Å². The van der Waals surface area contributed by atoms with Gasteiger partial charge in [0, 0.05) is 18.6 Å². The van der Waals surface area contributed by atoms with Crippen LogP contribution in [0.5, 0.6) is 0 Å². The van der Waals surface area contributed by atoms with Crippen LogP contribution in [0.15, 0.2) is 127 Å². The molecule has 0 saturated heterocycles. The molecule has 0 aliphatic carbocycles. The molecule has 0 amide bonds. The Morgan fingerprint density at radius 2 is 1.03 bits per heavy atom. The summed E-state index contributed by atoms with van der Waals surface area (Å²) in [5.41, 5.74) is 12.7. The van der Waals surface area contributed by atoms with Crippen LogP contribution in [-0.4, -0.2) is 30.6 Å². The lowest BCUT2D eigenvalue weighted by molar-refractivity contribution is 0.139. The van der Waals surface area contributed by atoms with Crippen LogP contribution in [0.1, 0.15) is 22.3 Å². The molecule has 0 unspecified atom stereocenters. The summed E-state index contributed by atoms with van der Waals surface area (Å²) in [5.74, 6) is 0. The smallest absolute Gasteiger partial charge is 0.0412 e. The number of rotatable bonds is 10. The second kappa shape index (κ2) is 11.6. The SMILES string of the molecule is CN(CC=C(c1ccccc1)c1ccccc1)C(CN)(Cc1ccccc1)Cc1ccccc1. The Morgan fingerprint density at radius 3 is 1.41 bits per heavy atom. The first-order valence-electron chi connectivity index (χ1n) is 12.0. The van der Waals surface area contributed by atoms with Crippen LogP contribution in [0.4, 0.5) is 0 Å². The third-order valence-corrected chi connectivity index (χ3v) is 6.68. The van der Waals surface area contributed by atoms with Crippen molar-refractivity contribution in [1.82, 2.24) is 4.90 Å². The van der Waals surface area contributed by atoms with Gasteiger partial charge in [0.1, 0.15) is 0 Å². The van der Waals surface area contributed by atoms with Crippen molar-refractivity contribution in [3.05, 3.63) is 150 Å². The Hall–Kier alpha value is -3.46. The topological polar surface area (TPSA) is 29.3 Å². The molecule has 0 bridgehead atoms. The van der Waals surface area contributed by atoms with Gasteiger partial charge < -0.3 is 5.73 Å². The first-order chi connectivity index (χ1) is 16.7. The van der Waals surface area contributed by atoms with Crippen molar-refractivity contribution < 1.29 is 0 Å². The van der Waals surface area contributed by atoms with Crippen LogP contribution >= 0.6 is 0 Å². The van der Waals surface area contributed by atoms with Gasteiger partial charge in [-0.2, -0.15) is 0 Å². The molecule has 0 spiro atoms. The van der Waals surface area contributed by atoms with E-state index in [9.17, 15) is 0 Å². The minimum absolute atomic E-state index is 0.197. The lowest BCUT2D eigenvalue weighted by atomic mass is 9.83. The van der Waals surface area contributed by atoms with Gasteiger partial charge in [-0.15, -0.1) is 0 Å². The zero-order chi connectivity index (χ0) is 23.6. The van der Waals surface area contributed by atoms with E-state index in [1.807, 2.05) is 0 Å². The monoisotopic (exact) mass is 446 g/mol. The molecule has 0 fully saturated rings. The highest BCUT2D eigenvalue weighted by molar-refractivity contribution is 5.79. The molecule has 0 atom stereocenters. The number of likely N-dealkylation sites (N-methyl/N-ethyl adjacent to an activating group) is 1. The van der Waals surface area contributed by atoms with Crippen LogP contribution < -0.4 is 5.73 Å². The van der Waals surface area contributed by atoms with E-state index >= 15 is 0 Å². The van der Waals surface area contributed by atoms with Gasteiger partial charge in [-0.05, 0) is 47.7 Å². The third-order valence-electron chi connectivity index (χ3n) is 6.68. The predicted octanol–water partition coefficient (Wildman–Crippen LogP) is 6.23. The molecule has 0 aliphatic heterocycles. The highest BCUT2D eigenvalue weighted by Gasteiger charge is 2.33. The van der Waals surface area contributed by atoms with Gasteiger partial charge in [-0.1, -0.05) is 127 Å². The Balaban J connectivity index is 1.68. The summed E-state index contributed by atoms with van der Waals surface area (Å²) in [6.07, 6.45) is 4.15.